The molecule has 5 nitrogen and oxygen atoms in total. The molecule has 1 amide bonds. The predicted octanol–water partition coefficient (Wildman–Crippen LogP) is 3.70. The van der Waals surface area contributed by atoms with E-state index in [1.54, 1.807) is 43.2 Å². The molecule has 0 aromatic heterocycles. The van der Waals surface area contributed by atoms with Gasteiger partial charge in [-0.1, -0.05) is 35.3 Å². The molecule has 0 saturated carbocycles. The van der Waals surface area contributed by atoms with Gasteiger partial charge in [-0.15, -0.1) is 0 Å². The van der Waals surface area contributed by atoms with Gasteiger partial charge >= 0.3 is 5.97 Å². The van der Waals surface area contributed by atoms with Crippen LogP contribution in [0.25, 0.3) is 6.08 Å². The van der Waals surface area contributed by atoms with Crippen LogP contribution >= 0.6 is 23.2 Å². The number of halogens is 2. The molecule has 0 atom stereocenters. The van der Waals surface area contributed by atoms with Crippen LogP contribution in [0, 0.1) is 0 Å². The molecule has 7 heteroatoms. The van der Waals surface area contributed by atoms with Crippen molar-refractivity contribution in [1.29, 1.82) is 0 Å². The van der Waals surface area contributed by atoms with Gasteiger partial charge in [0.25, 0.3) is 5.91 Å². The number of carbonyl (C=O) groups is 2. The lowest BCUT2D eigenvalue weighted by molar-refractivity contribution is -0.136. The van der Waals surface area contributed by atoms with Gasteiger partial charge < -0.3 is 14.4 Å². The molecule has 2 rings (SSSR count). The lowest BCUT2D eigenvalue weighted by Gasteiger charge is -2.17. The van der Waals surface area contributed by atoms with Crippen molar-refractivity contribution in [2.24, 2.45) is 0 Å². The third-order valence-electron chi connectivity index (χ3n) is 3.91. The van der Waals surface area contributed by atoms with E-state index in [-0.39, 0.29) is 17.1 Å². The zero-order valence-electron chi connectivity index (χ0n) is 14.3. The first-order chi connectivity index (χ1) is 11.9. The van der Waals surface area contributed by atoms with Crippen molar-refractivity contribution in [2.75, 3.05) is 27.4 Å². The minimum atomic E-state index is -0.565. The van der Waals surface area contributed by atoms with Gasteiger partial charge in [0, 0.05) is 26.0 Å². The highest BCUT2D eigenvalue weighted by Crippen LogP contribution is 2.34. The summed E-state index contributed by atoms with van der Waals surface area (Å²) in [6, 6.07) is 5.11. The van der Waals surface area contributed by atoms with E-state index >= 15 is 0 Å². The number of hydrogen-bond acceptors (Lipinski definition) is 4. The molecule has 0 aliphatic carbocycles. The second-order valence-electron chi connectivity index (χ2n) is 5.46. The van der Waals surface area contributed by atoms with Crippen molar-refractivity contribution in [3.8, 4) is 0 Å². The molecular weight excluding hydrogens is 365 g/mol. The van der Waals surface area contributed by atoms with Crippen LogP contribution in [0.3, 0.4) is 0 Å². The van der Waals surface area contributed by atoms with Gasteiger partial charge in [0.1, 0.15) is 0 Å². The van der Waals surface area contributed by atoms with Crippen LogP contribution in [-0.2, 0) is 19.1 Å². The second-order valence-corrected chi connectivity index (χ2v) is 6.24. The minimum Gasteiger partial charge on any atom is -0.465 e. The first-order valence-corrected chi connectivity index (χ1v) is 8.44. The van der Waals surface area contributed by atoms with Crippen molar-refractivity contribution >= 4 is 41.2 Å². The highest BCUT2D eigenvalue weighted by atomic mass is 35.5. The van der Waals surface area contributed by atoms with Crippen LogP contribution in [-0.4, -0.2) is 44.1 Å². The molecule has 134 valence electrons. The van der Waals surface area contributed by atoms with Gasteiger partial charge in [-0.2, -0.15) is 0 Å². The Balaban J connectivity index is 2.47. The maximum absolute atomic E-state index is 12.8. The number of hydrogen-bond donors (Lipinski definition) is 0. The highest BCUT2D eigenvalue weighted by Gasteiger charge is 2.36. The molecule has 0 unspecified atom stereocenters. The van der Waals surface area contributed by atoms with Crippen LogP contribution in [0.15, 0.2) is 35.0 Å². The molecule has 1 aliphatic rings. The summed E-state index contributed by atoms with van der Waals surface area (Å²) in [7, 11) is 2.88. The number of ether oxygens (including phenoxy) is 2. The van der Waals surface area contributed by atoms with E-state index in [4.69, 9.17) is 32.7 Å². The molecule has 0 bridgehead atoms. The van der Waals surface area contributed by atoms with E-state index < -0.39 is 5.97 Å². The monoisotopic (exact) mass is 383 g/mol. The van der Waals surface area contributed by atoms with Crippen LogP contribution in [0.2, 0.25) is 10.0 Å². The Morgan fingerprint density at radius 1 is 1.28 bits per heavy atom. The van der Waals surface area contributed by atoms with Gasteiger partial charge in [-0.3, -0.25) is 4.79 Å². The Bertz CT molecular complexity index is 755. The molecule has 0 radical (unpaired) electrons. The van der Waals surface area contributed by atoms with Gasteiger partial charge in [0.05, 0.1) is 28.3 Å². The smallest absolute Gasteiger partial charge is 0.340 e. The van der Waals surface area contributed by atoms with Crippen molar-refractivity contribution in [2.45, 2.75) is 13.3 Å². The summed E-state index contributed by atoms with van der Waals surface area (Å²) in [5.41, 5.74) is 1.59. The first kappa shape index (κ1) is 19.5. The Morgan fingerprint density at radius 2 is 2.00 bits per heavy atom. The normalized spacial score (nSPS) is 16.1. The third-order valence-corrected chi connectivity index (χ3v) is 4.75. The van der Waals surface area contributed by atoms with Crippen LogP contribution in [0.4, 0.5) is 0 Å². The standard InChI is InChI=1S/C18H19Cl2NO4/c1-11-15(18(23)25-3)13(17(22)21(11)8-5-9-24-2)10-12-6-4-7-14(19)16(12)20/h4,6-7,10H,5,8-9H2,1-3H3. The van der Waals surface area contributed by atoms with Gasteiger partial charge in [-0.25, -0.2) is 4.79 Å². The van der Waals surface area contributed by atoms with Crippen LogP contribution in [0.1, 0.15) is 18.9 Å². The summed E-state index contributed by atoms with van der Waals surface area (Å²) in [5.74, 6) is -0.838. The lowest BCUT2D eigenvalue weighted by atomic mass is 10.0. The molecule has 1 aromatic rings. The van der Waals surface area contributed by atoms with Gasteiger partial charge in [-0.05, 0) is 31.1 Å². The van der Waals surface area contributed by atoms with Crippen molar-refractivity contribution < 1.29 is 19.1 Å². The quantitative estimate of drug-likeness (QED) is 0.426. The van der Waals surface area contributed by atoms with E-state index in [1.165, 1.54) is 7.11 Å². The molecule has 1 heterocycles. The molecule has 0 fully saturated rings. The number of allylic oxidation sites excluding steroid dienone is 1. The average Bonchev–Trinajstić information content (AvgIpc) is 2.82. The van der Waals surface area contributed by atoms with E-state index in [0.29, 0.717) is 40.9 Å². The minimum absolute atomic E-state index is 0.237. The maximum Gasteiger partial charge on any atom is 0.340 e. The lowest BCUT2D eigenvalue weighted by Crippen LogP contribution is -2.26. The zero-order valence-corrected chi connectivity index (χ0v) is 15.8. The summed E-state index contributed by atoms with van der Waals surface area (Å²) in [5, 5.41) is 0.697. The maximum atomic E-state index is 12.8. The van der Waals surface area contributed by atoms with Crippen molar-refractivity contribution in [1.82, 2.24) is 4.90 Å². The number of methoxy groups -OCH3 is 2. The Morgan fingerprint density at radius 3 is 2.64 bits per heavy atom. The molecule has 0 N–H and O–H groups in total. The van der Waals surface area contributed by atoms with Crippen molar-refractivity contribution in [3.05, 3.63) is 50.7 Å². The zero-order chi connectivity index (χ0) is 18.6. The van der Waals surface area contributed by atoms with Crippen LogP contribution < -0.4 is 0 Å². The Labute approximate surface area is 156 Å². The van der Waals surface area contributed by atoms with E-state index in [9.17, 15) is 9.59 Å². The van der Waals surface area contributed by atoms with Crippen molar-refractivity contribution in [3.63, 3.8) is 0 Å². The number of esters is 1. The second kappa shape index (κ2) is 8.52. The van der Waals surface area contributed by atoms with Crippen LogP contribution in [0.5, 0.6) is 0 Å². The fraction of sp³-hybridized carbons (Fsp3) is 0.333. The summed E-state index contributed by atoms with van der Waals surface area (Å²) in [6.45, 7) is 2.68. The summed E-state index contributed by atoms with van der Waals surface area (Å²) in [4.78, 5) is 26.6. The third kappa shape index (κ3) is 4.06. The molecule has 25 heavy (non-hydrogen) atoms. The van der Waals surface area contributed by atoms with Gasteiger partial charge in [0.2, 0.25) is 0 Å². The van der Waals surface area contributed by atoms with Gasteiger partial charge in [0.15, 0.2) is 0 Å². The Hall–Kier alpha value is -1.82. The number of carbonyl (C=O) groups excluding carboxylic acids is 2. The van der Waals surface area contributed by atoms with E-state index in [0.717, 1.165) is 0 Å². The topological polar surface area (TPSA) is 55.8 Å². The number of amides is 1. The SMILES string of the molecule is COCCCN1C(=O)C(=Cc2cccc(Cl)c2Cl)C(C(=O)OC)=C1C. The molecule has 0 spiro atoms. The number of rotatable bonds is 6. The largest absolute Gasteiger partial charge is 0.465 e. The average molecular weight is 384 g/mol. The molecular formula is C18H19Cl2NO4. The molecule has 1 aliphatic heterocycles. The molecule has 1 aromatic carbocycles. The van der Waals surface area contributed by atoms with E-state index in [1.807, 2.05) is 0 Å². The summed E-state index contributed by atoms with van der Waals surface area (Å²) in [6.07, 6.45) is 2.22. The summed E-state index contributed by atoms with van der Waals surface area (Å²) >= 11 is 12.2. The van der Waals surface area contributed by atoms with E-state index in [2.05, 4.69) is 0 Å². The summed E-state index contributed by atoms with van der Waals surface area (Å²) < 4.78 is 9.88. The Kier molecular flexibility index (Phi) is 6.64. The predicted molar refractivity (Wildman–Crippen MR) is 97.4 cm³/mol. The number of benzene rings is 1. The fourth-order valence-corrected chi connectivity index (χ4v) is 3.01. The first-order valence-electron chi connectivity index (χ1n) is 7.68. The fourth-order valence-electron chi connectivity index (χ4n) is 2.65. The highest BCUT2D eigenvalue weighted by molar-refractivity contribution is 6.43. The number of nitrogens with zero attached hydrogens (tertiary/aromatic N) is 1. The molecule has 0 saturated heterocycles.